The molecule has 2 aromatic rings. The second-order valence-corrected chi connectivity index (χ2v) is 5.27. The molecule has 0 fully saturated rings. The maximum Gasteiger partial charge on any atom is 0.187 e. The van der Waals surface area contributed by atoms with Crippen molar-refractivity contribution in [2.45, 2.75) is 26.8 Å². The molecule has 1 unspecified atom stereocenters. The van der Waals surface area contributed by atoms with Gasteiger partial charge < -0.3 is 0 Å². The van der Waals surface area contributed by atoms with Gasteiger partial charge in [0.05, 0.1) is 15.9 Å². The Balaban J connectivity index is 2.33. The smallest absolute Gasteiger partial charge is 0.187 e. The standard InChI is InChI=1S/C14H14BrFN2O/c1-8-13(15)9(2)18(17-8)10(3)14(19)11-4-6-12(16)7-5-11/h4-7,10H,1-3H3. The molecule has 5 heteroatoms. The number of benzene rings is 1. The fraction of sp³-hybridized carbons (Fsp3) is 0.286. The summed E-state index contributed by atoms with van der Waals surface area (Å²) in [5.41, 5.74) is 2.23. The fourth-order valence-electron chi connectivity index (χ4n) is 1.99. The quantitative estimate of drug-likeness (QED) is 0.804. The summed E-state index contributed by atoms with van der Waals surface area (Å²) in [7, 11) is 0. The first-order chi connectivity index (χ1) is 8.91. The third-order valence-corrected chi connectivity index (χ3v) is 4.26. The molecule has 2 rings (SSSR count). The van der Waals surface area contributed by atoms with Crippen LogP contribution in [0.3, 0.4) is 0 Å². The Morgan fingerprint density at radius 3 is 2.37 bits per heavy atom. The number of Topliss-reactive ketones (excluding diaryl/α,β-unsaturated/α-hetero) is 1. The third kappa shape index (κ3) is 2.61. The molecule has 100 valence electrons. The van der Waals surface area contributed by atoms with Crippen LogP contribution in [0.1, 0.15) is 34.7 Å². The zero-order valence-electron chi connectivity index (χ0n) is 10.9. The Kier molecular flexibility index (Phi) is 3.85. The summed E-state index contributed by atoms with van der Waals surface area (Å²) in [5, 5.41) is 4.35. The van der Waals surface area contributed by atoms with E-state index in [1.807, 2.05) is 13.8 Å². The number of carbonyl (C=O) groups is 1. The van der Waals surface area contributed by atoms with Crippen molar-refractivity contribution in [2.75, 3.05) is 0 Å². The topological polar surface area (TPSA) is 34.9 Å². The van der Waals surface area contributed by atoms with Gasteiger partial charge in [-0.05, 0) is 61.0 Å². The number of carbonyl (C=O) groups excluding carboxylic acids is 1. The highest BCUT2D eigenvalue weighted by Crippen LogP contribution is 2.24. The summed E-state index contributed by atoms with van der Waals surface area (Å²) in [6.07, 6.45) is 0. The van der Waals surface area contributed by atoms with Gasteiger partial charge in [-0.3, -0.25) is 9.48 Å². The van der Waals surface area contributed by atoms with Crippen molar-refractivity contribution in [3.8, 4) is 0 Å². The van der Waals surface area contributed by atoms with E-state index in [1.54, 1.807) is 11.6 Å². The van der Waals surface area contributed by atoms with Gasteiger partial charge in [-0.15, -0.1) is 0 Å². The maximum absolute atomic E-state index is 12.9. The first-order valence-electron chi connectivity index (χ1n) is 5.92. The molecule has 0 aliphatic heterocycles. The summed E-state index contributed by atoms with van der Waals surface area (Å²) >= 11 is 3.44. The van der Waals surface area contributed by atoms with Crippen LogP contribution >= 0.6 is 15.9 Å². The van der Waals surface area contributed by atoms with Gasteiger partial charge in [-0.25, -0.2) is 4.39 Å². The summed E-state index contributed by atoms with van der Waals surface area (Å²) < 4.78 is 15.5. The number of aryl methyl sites for hydroxylation is 1. The Morgan fingerprint density at radius 1 is 1.32 bits per heavy atom. The summed E-state index contributed by atoms with van der Waals surface area (Å²) in [5.74, 6) is -0.434. The second kappa shape index (κ2) is 5.25. The van der Waals surface area contributed by atoms with Crippen LogP contribution in [0.4, 0.5) is 4.39 Å². The van der Waals surface area contributed by atoms with E-state index in [0.717, 1.165) is 15.9 Å². The molecule has 0 spiro atoms. The number of aromatic nitrogens is 2. The zero-order valence-corrected chi connectivity index (χ0v) is 12.5. The van der Waals surface area contributed by atoms with Crippen LogP contribution < -0.4 is 0 Å². The van der Waals surface area contributed by atoms with Crippen molar-refractivity contribution in [2.24, 2.45) is 0 Å². The van der Waals surface area contributed by atoms with E-state index in [2.05, 4.69) is 21.0 Å². The van der Waals surface area contributed by atoms with Crippen LogP contribution in [-0.2, 0) is 0 Å². The van der Waals surface area contributed by atoms with Gasteiger partial charge in [-0.2, -0.15) is 5.10 Å². The molecule has 1 aromatic heterocycles. The van der Waals surface area contributed by atoms with Crippen LogP contribution in [0.15, 0.2) is 28.7 Å². The van der Waals surface area contributed by atoms with Crippen LogP contribution in [0.2, 0.25) is 0 Å². The molecule has 0 amide bonds. The normalized spacial score (nSPS) is 12.5. The number of hydrogen-bond donors (Lipinski definition) is 0. The van der Waals surface area contributed by atoms with Gasteiger partial charge >= 0.3 is 0 Å². The highest BCUT2D eigenvalue weighted by Gasteiger charge is 2.21. The summed E-state index contributed by atoms with van der Waals surface area (Å²) in [6, 6.07) is 5.15. The Hall–Kier alpha value is -1.49. The molecule has 1 heterocycles. The van der Waals surface area contributed by atoms with E-state index in [9.17, 15) is 9.18 Å². The molecule has 0 radical (unpaired) electrons. The molecule has 19 heavy (non-hydrogen) atoms. The lowest BCUT2D eigenvalue weighted by molar-refractivity contribution is 0.0926. The third-order valence-electron chi connectivity index (χ3n) is 3.11. The lowest BCUT2D eigenvalue weighted by atomic mass is 10.1. The first-order valence-corrected chi connectivity index (χ1v) is 6.72. The van der Waals surface area contributed by atoms with E-state index in [4.69, 9.17) is 0 Å². The highest BCUT2D eigenvalue weighted by molar-refractivity contribution is 9.10. The van der Waals surface area contributed by atoms with E-state index in [-0.39, 0.29) is 11.6 Å². The Morgan fingerprint density at radius 2 is 1.89 bits per heavy atom. The molecule has 0 saturated carbocycles. The van der Waals surface area contributed by atoms with Crippen LogP contribution in [-0.4, -0.2) is 15.6 Å². The van der Waals surface area contributed by atoms with Gasteiger partial charge in [-0.1, -0.05) is 0 Å². The largest absolute Gasteiger partial charge is 0.292 e. The van der Waals surface area contributed by atoms with Gasteiger partial charge in [0.25, 0.3) is 0 Å². The molecule has 0 aliphatic carbocycles. The first kappa shape index (κ1) is 13.9. The lowest BCUT2D eigenvalue weighted by Gasteiger charge is -2.13. The molecule has 1 aromatic carbocycles. The van der Waals surface area contributed by atoms with E-state index < -0.39 is 6.04 Å². The van der Waals surface area contributed by atoms with Crippen molar-refractivity contribution in [1.29, 1.82) is 0 Å². The minimum Gasteiger partial charge on any atom is -0.292 e. The number of ketones is 1. The van der Waals surface area contributed by atoms with E-state index in [1.165, 1.54) is 24.3 Å². The van der Waals surface area contributed by atoms with Crippen molar-refractivity contribution >= 4 is 21.7 Å². The van der Waals surface area contributed by atoms with Crippen molar-refractivity contribution < 1.29 is 9.18 Å². The Labute approximate surface area is 119 Å². The van der Waals surface area contributed by atoms with Gasteiger partial charge in [0.2, 0.25) is 0 Å². The number of rotatable bonds is 3. The average Bonchev–Trinajstić information content (AvgIpc) is 2.66. The number of hydrogen-bond acceptors (Lipinski definition) is 2. The molecular formula is C14H14BrFN2O. The van der Waals surface area contributed by atoms with Crippen molar-refractivity contribution in [3.05, 3.63) is 51.5 Å². The van der Waals surface area contributed by atoms with Crippen molar-refractivity contribution in [1.82, 2.24) is 9.78 Å². The van der Waals surface area contributed by atoms with Crippen LogP contribution in [0.25, 0.3) is 0 Å². The summed E-state index contributed by atoms with van der Waals surface area (Å²) in [4.78, 5) is 12.3. The lowest BCUT2D eigenvalue weighted by Crippen LogP contribution is -2.19. The van der Waals surface area contributed by atoms with Gasteiger partial charge in [0, 0.05) is 5.56 Å². The van der Waals surface area contributed by atoms with Gasteiger partial charge in [0.15, 0.2) is 5.78 Å². The molecular weight excluding hydrogens is 311 g/mol. The minimum atomic E-state index is -0.421. The second-order valence-electron chi connectivity index (χ2n) is 4.48. The number of halogens is 2. The maximum atomic E-state index is 12.9. The minimum absolute atomic E-state index is 0.0851. The molecule has 0 saturated heterocycles. The predicted molar refractivity (Wildman–Crippen MR) is 74.8 cm³/mol. The molecule has 3 nitrogen and oxygen atoms in total. The summed E-state index contributed by atoms with van der Waals surface area (Å²) in [6.45, 7) is 5.57. The fourth-order valence-corrected chi connectivity index (χ4v) is 2.25. The number of nitrogens with zero attached hydrogens (tertiary/aromatic N) is 2. The molecule has 0 bridgehead atoms. The molecule has 0 aliphatic rings. The predicted octanol–water partition coefficient (Wildman–Crippen LogP) is 3.85. The highest BCUT2D eigenvalue weighted by atomic mass is 79.9. The molecule has 1 atom stereocenters. The van der Waals surface area contributed by atoms with Gasteiger partial charge in [0.1, 0.15) is 11.9 Å². The van der Waals surface area contributed by atoms with Crippen LogP contribution in [0.5, 0.6) is 0 Å². The van der Waals surface area contributed by atoms with E-state index in [0.29, 0.717) is 5.56 Å². The Bertz CT molecular complexity index is 619. The average molecular weight is 325 g/mol. The van der Waals surface area contributed by atoms with E-state index >= 15 is 0 Å². The van der Waals surface area contributed by atoms with Crippen molar-refractivity contribution in [3.63, 3.8) is 0 Å². The zero-order chi connectivity index (χ0) is 14.2. The SMILES string of the molecule is Cc1nn(C(C)C(=O)c2ccc(F)cc2)c(C)c1Br. The van der Waals surface area contributed by atoms with Crippen LogP contribution in [0, 0.1) is 19.7 Å². The molecule has 0 N–H and O–H groups in total. The monoisotopic (exact) mass is 324 g/mol.